The fourth-order valence-electron chi connectivity index (χ4n) is 7.03. The Morgan fingerprint density at radius 3 is 2.61 bits per heavy atom. The molecule has 3 nitrogen and oxygen atoms in total. The van der Waals surface area contributed by atoms with Gasteiger partial charge in [-0.15, -0.1) is 0 Å². The third kappa shape index (κ3) is 5.54. The van der Waals surface area contributed by atoms with Crippen molar-refractivity contribution in [2.45, 2.75) is 116 Å². The normalized spacial score (nSPS) is 40.4. The molecule has 0 saturated heterocycles. The van der Waals surface area contributed by atoms with Gasteiger partial charge in [-0.2, -0.15) is 0 Å². The van der Waals surface area contributed by atoms with Gasteiger partial charge in [0.25, 0.3) is 0 Å². The summed E-state index contributed by atoms with van der Waals surface area (Å²) in [6, 6.07) is 0. The third-order valence-electron chi connectivity index (χ3n) is 8.80. The molecule has 0 amide bonds. The Balaban J connectivity index is 1.72. The standard InChI is InChI=1S/C28H46O3/c1-19(9-7-15-26(3,4)30)24-13-14-25-21(10-8-16-27(24,25)5)11-12-22-17-23(29)18-28(6,31)20(22)2/h11-12,19,23-25,29-31H,2,7-10,13-18H2,1,3-6H3/t19-,23-,24+,25-,27+,28+/m0/s1. The van der Waals surface area contributed by atoms with E-state index in [1.807, 2.05) is 13.8 Å². The highest BCUT2D eigenvalue weighted by atomic mass is 16.3. The summed E-state index contributed by atoms with van der Waals surface area (Å²) in [5.41, 5.74) is 2.11. The lowest BCUT2D eigenvalue weighted by Gasteiger charge is -2.44. The van der Waals surface area contributed by atoms with Crippen LogP contribution in [0, 0.1) is 23.2 Å². The number of allylic oxidation sites excluding steroid dienone is 3. The average Bonchev–Trinajstić information content (AvgIpc) is 2.99. The summed E-state index contributed by atoms with van der Waals surface area (Å²) in [7, 11) is 0. The van der Waals surface area contributed by atoms with Crippen LogP contribution in [0.1, 0.15) is 98.8 Å². The summed E-state index contributed by atoms with van der Waals surface area (Å²) in [4.78, 5) is 0. The molecular weight excluding hydrogens is 384 g/mol. The Labute approximate surface area is 190 Å². The zero-order chi connectivity index (χ0) is 23.0. The highest BCUT2D eigenvalue weighted by Crippen LogP contribution is 2.60. The first-order valence-electron chi connectivity index (χ1n) is 12.6. The summed E-state index contributed by atoms with van der Waals surface area (Å²) in [6.07, 6.45) is 14.4. The topological polar surface area (TPSA) is 60.7 Å². The molecule has 0 aliphatic heterocycles. The van der Waals surface area contributed by atoms with Crippen LogP contribution >= 0.6 is 0 Å². The van der Waals surface area contributed by atoms with Gasteiger partial charge in [0.05, 0.1) is 17.3 Å². The number of rotatable bonds is 6. The van der Waals surface area contributed by atoms with Gasteiger partial charge in [0.15, 0.2) is 0 Å². The Morgan fingerprint density at radius 2 is 1.94 bits per heavy atom. The zero-order valence-electron chi connectivity index (χ0n) is 20.6. The molecule has 176 valence electrons. The Kier molecular flexibility index (Phi) is 7.30. The minimum atomic E-state index is -1.01. The van der Waals surface area contributed by atoms with Crippen molar-refractivity contribution in [2.75, 3.05) is 0 Å². The second-order valence-electron chi connectivity index (χ2n) is 12.0. The van der Waals surface area contributed by atoms with E-state index in [9.17, 15) is 15.3 Å². The molecule has 0 aromatic heterocycles. The molecule has 3 heteroatoms. The van der Waals surface area contributed by atoms with Crippen molar-refractivity contribution in [3.63, 3.8) is 0 Å². The highest BCUT2D eigenvalue weighted by Gasteiger charge is 2.50. The molecule has 0 bridgehead atoms. The molecule has 6 atom stereocenters. The molecule has 3 N–H and O–H groups in total. The van der Waals surface area contributed by atoms with Crippen LogP contribution in [0.15, 0.2) is 35.5 Å². The van der Waals surface area contributed by atoms with Crippen molar-refractivity contribution in [2.24, 2.45) is 23.2 Å². The fourth-order valence-corrected chi connectivity index (χ4v) is 7.03. The van der Waals surface area contributed by atoms with Gasteiger partial charge < -0.3 is 15.3 Å². The third-order valence-corrected chi connectivity index (χ3v) is 8.80. The molecule has 3 aliphatic rings. The SMILES string of the molecule is C=C1C(=CC=C2CCC[C@]3(C)[C@@H]([C@@H](C)CCCC(C)(C)O)CC[C@@H]23)C[C@H](O)C[C@@]1(C)O. The van der Waals surface area contributed by atoms with Crippen LogP contribution in [0.4, 0.5) is 0 Å². The van der Waals surface area contributed by atoms with Crippen molar-refractivity contribution >= 4 is 0 Å². The molecule has 3 fully saturated rings. The lowest BCUT2D eigenvalue weighted by molar-refractivity contribution is 0.0204. The van der Waals surface area contributed by atoms with E-state index in [0.717, 1.165) is 36.3 Å². The van der Waals surface area contributed by atoms with Crippen molar-refractivity contribution in [3.05, 3.63) is 35.5 Å². The van der Waals surface area contributed by atoms with Crippen molar-refractivity contribution < 1.29 is 15.3 Å². The fraction of sp³-hybridized carbons (Fsp3) is 0.786. The summed E-state index contributed by atoms with van der Waals surface area (Å²) in [5, 5.41) is 30.8. The van der Waals surface area contributed by atoms with E-state index in [1.165, 1.54) is 32.1 Å². The lowest BCUT2D eigenvalue weighted by atomic mass is 9.60. The van der Waals surface area contributed by atoms with E-state index < -0.39 is 17.3 Å². The van der Waals surface area contributed by atoms with Gasteiger partial charge in [-0.3, -0.25) is 0 Å². The van der Waals surface area contributed by atoms with Gasteiger partial charge >= 0.3 is 0 Å². The molecule has 0 spiro atoms. The van der Waals surface area contributed by atoms with Crippen LogP contribution in [0.25, 0.3) is 0 Å². The van der Waals surface area contributed by atoms with Crippen molar-refractivity contribution in [1.29, 1.82) is 0 Å². The summed E-state index contributed by atoms with van der Waals surface area (Å²) < 4.78 is 0. The summed E-state index contributed by atoms with van der Waals surface area (Å²) >= 11 is 0. The summed E-state index contributed by atoms with van der Waals surface area (Å²) in [5.74, 6) is 2.09. The number of aliphatic hydroxyl groups is 3. The number of fused-ring (bicyclic) bond motifs is 1. The quantitative estimate of drug-likeness (QED) is 0.477. The van der Waals surface area contributed by atoms with E-state index in [0.29, 0.717) is 30.1 Å². The Morgan fingerprint density at radius 1 is 1.23 bits per heavy atom. The lowest BCUT2D eigenvalue weighted by Crippen LogP contribution is -2.37. The number of aliphatic hydroxyl groups excluding tert-OH is 1. The monoisotopic (exact) mass is 430 g/mol. The van der Waals surface area contributed by atoms with Crippen LogP contribution in [0.5, 0.6) is 0 Å². The highest BCUT2D eigenvalue weighted by molar-refractivity contribution is 5.41. The van der Waals surface area contributed by atoms with Crippen molar-refractivity contribution in [3.8, 4) is 0 Å². The van der Waals surface area contributed by atoms with Crippen LogP contribution in [-0.4, -0.2) is 32.6 Å². The van der Waals surface area contributed by atoms with Gasteiger partial charge in [0.2, 0.25) is 0 Å². The largest absolute Gasteiger partial charge is 0.393 e. The van der Waals surface area contributed by atoms with Crippen LogP contribution in [-0.2, 0) is 0 Å². The first-order chi connectivity index (χ1) is 14.3. The molecule has 3 rings (SSSR count). The molecule has 3 saturated carbocycles. The molecular formula is C28H46O3. The van der Waals surface area contributed by atoms with Gasteiger partial charge in [-0.05, 0) is 100 Å². The van der Waals surface area contributed by atoms with E-state index in [-0.39, 0.29) is 0 Å². The molecule has 0 aromatic rings. The molecule has 31 heavy (non-hydrogen) atoms. The minimum Gasteiger partial charge on any atom is -0.393 e. The zero-order valence-corrected chi connectivity index (χ0v) is 20.6. The van der Waals surface area contributed by atoms with Gasteiger partial charge in [-0.1, -0.05) is 51.0 Å². The molecule has 0 aromatic carbocycles. The minimum absolute atomic E-state index is 0.366. The first-order valence-corrected chi connectivity index (χ1v) is 12.6. The van der Waals surface area contributed by atoms with E-state index in [1.54, 1.807) is 12.5 Å². The molecule has 0 heterocycles. The smallest absolute Gasteiger partial charge is 0.0890 e. The Bertz CT molecular complexity index is 723. The van der Waals surface area contributed by atoms with Crippen LogP contribution in [0.3, 0.4) is 0 Å². The maximum Gasteiger partial charge on any atom is 0.0890 e. The second kappa shape index (κ2) is 9.15. The van der Waals surface area contributed by atoms with Crippen LogP contribution < -0.4 is 0 Å². The molecule has 0 radical (unpaired) electrons. The molecule has 0 unspecified atom stereocenters. The maximum absolute atomic E-state index is 10.6. The van der Waals surface area contributed by atoms with Gasteiger partial charge in [0, 0.05) is 6.42 Å². The predicted octanol–water partition coefficient (Wildman–Crippen LogP) is 6.09. The number of hydrogen-bond donors (Lipinski definition) is 3. The summed E-state index contributed by atoms with van der Waals surface area (Å²) in [6.45, 7) is 14.7. The second-order valence-corrected chi connectivity index (χ2v) is 12.0. The van der Waals surface area contributed by atoms with Crippen LogP contribution in [0.2, 0.25) is 0 Å². The van der Waals surface area contributed by atoms with Gasteiger partial charge in [0.1, 0.15) is 0 Å². The maximum atomic E-state index is 10.6. The van der Waals surface area contributed by atoms with E-state index in [4.69, 9.17) is 0 Å². The average molecular weight is 431 g/mol. The molecule has 3 aliphatic carbocycles. The first kappa shape index (κ1) is 24.7. The Hall–Kier alpha value is -0.900. The van der Waals surface area contributed by atoms with E-state index in [2.05, 4.69) is 32.6 Å². The number of hydrogen-bond acceptors (Lipinski definition) is 3. The van der Waals surface area contributed by atoms with Gasteiger partial charge in [-0.25, -0.2) is 0 Å². The predicted molar refractivity (Wildman–Crippen MR) is 129 cm³/mol. The van der Waals surface area contributed by atoms with Crippen molar-refractivity contribution in [1.82, 2.24) is 0 Å². The van der Waals surface area contributed by atoms with E-state index >= 15 is 0 Å².